The third-order valence-corrected chi connectivity index (χ3v) is 11.4. The van der Waals surface area contributed by atoms with Gasteiger partial charge < -0.3 is 54.1 Å². The first-order valence-corrected chi connectivity index (χ1v) is 16.6. The minimum atomic E-state index is -1.30. The molecule has 0 radical (unpaired) electrons. The van der Waals surface area contributed by atoms with Crippen LogP contribution in [0.5, 0.6) is 17.2 Å². The summed E-state index contributed by atoms with van der Waals surface area (Å²) in [5.74, 6) is -1.41. The standard InChI is InChI=1S/C35H37NO12/c1-13-18(37)3-4-22(47-13)48-21-10-19(38)25-16(29(21)39)9-17-26(31(25)41)32(42)28-23-14(8-20-27(28)33(17)45-12-44-20)7-15-11-35(2)36(5-6-46-35)34(43)24(15)30(23)40/h7,13,18-22,29,37-40,42H,3-6,8-12H2,1-2H3. The Balaban J connectivity index is 1.15. The number of carbonyl (C=O) groups is 2. The number of carbonyl (C=O) groups excluding carboxylic acids is 2. The fraction of sp³-hybridized carbons (Fsp3) is 0.543. The van der Waals surface area contributed by atoms with Gasteiger partial charge in [-0.1, -0.05) is 6.07 Å². The maximum Gasteiger partial charge on any atom is 0.260 e. The molecule has 4 aliphatic heterocycles. The molecule has 9 rings (SSSR count). The SMILES string of the molecule is CC1OC(OC2CC(O)C3=C(Cc4c5c6c(c(O)c4C3=O)-c3c(cc4c(c3O)C(=O)N3CCOC3(C)C4)CC6OCO5)C2O)CCC1O. The highest BCUT2D eigenvalue weighted by Crippen LogP contribution is 2.59. The van der Waals surface area contributed by atoms with E-state index >= 15 is 0 Å². The molecule has 3 aliphatic carbocycles. The smallest absolute Gasteiger partial charge is 0.260 e. The van der Waals surface area contributed by atoms with E-state index < -0.39 is 60.2 Å². The molecule has 2 saturated heterocycles. The van der Waals surface area contributed by atoms with Gasteiger partial charge in [-0.25, -0.2) is 0 Å². The largest absolute Gasteiger partial charge is 0.506 e. The lowest BCUT2D eigenvalue weighted by molar-refractivity contribution is -0.247. The fourth-order valence-electron chi connectivity index (χ4n) is 9.02. The normalized spacial score (nSPS) is 34.9. The Morgan fingerprint density at radius 2 is 1.81 bits per heavy atom. The van der Waals surface area contributed by atoms with Gasteiger partial charge in [0.05, 0.1) is 48.3 Å². The number of hydrogen-bond acceptors (Lipinski definition) is 12. The zero-order valence-corrected chi connectivity index (χ0v) is 26.5. The quantitative estimate of drug-likeness (QED) is 0.315. The molecule has 0 spiro atoms. The summed E-state index contributed by atoms with van der Waals surface area (Å²) in [6.07, 6.45) is -4.30. The predicted molar refractivity (Wildman–Crippen MR) is 163 cm³/mol. The molecular formula is C35H37NO12. The van der Waals surface area contributed by atoms with Crippen molar-refractivity contribution in [2.75, 3.05) is 19.9 Å². The van der Waals surface area contributed by atoms with Crippen LogP contribution in [-0.2, 0) is 38.2 Å². The van der Waals surface area contributed by atoms with E-state index in [9.17, 15) is 35.1 Å². The Hall–Kier alpha value is -3.56. The number of amides is 1. The van der Waals surface area contributed by atoms with Gasteiger partial charge in [-0.3, -0.25) is 9.59 Å². The van der Waals surface area contributed by atoms with E-state index in [1.807, 2.05) is 13.0 Å². The van der Waals surface area contributed by atoms with E-state index in [2.05, 4.69) is 0 Å². The number of ether oxygens (including phenoxy) is 5. The first-order valence-electron chi connectivity index (χ1n) is 16.6. The third kappa shape index (κ3) is 4.09. The van der Waals surface area contributed by atoms with Gasteiger partial charge >= 0.3 is 0 Å². The minimum absolute atomic E-state index is 0.00686. The van der Waals surface area contributed by atoms with E-state index in [4.69, 9.17) is 23.7 Å². The van der Waals surface area contributed by atoms with Crippen molar-refractivity contribution < 1.29 is 58.8 Å². The topological polar surface area (TPSA) is 185 Å². The number of hydrogen-bond donors (Lipinski definition) is 5. The maximum atomic E-state index is 14.3. The summed E-state index contributed by atoms with van der Waals surface area (Å²) in [6, 6.07) is 1.86. The van der Waals surface area contributed by atoms with Gasteiger partial charge in [0.1, 0.15) is 29.1 Å². The van der Waals surface area contributed by atoms with Gasteiger partial charge in [-0.2, -0.15) is 0 Å². The minimum Gasteiger partial charge on any atom is -0.506 e. The first kappa shape index (κ1) is 30.5. The molecule has 0 aromatic heterocycles. The number of fused-ring (bicyclic) bond motifs is 6. The number of rotatable bonds is 2. The van der Waals surface area contributed by atoms with E-state index in [1.165, 1.54) is 0 Å². The van der Waals surface area contributed by atoms with Crippen LogP contribution in [0.15, 0.2) is 17.2 Å². The van der Waals surface area contributed by atoms with Gasteiger partial charge in [0.25, 0.3) is 5.91 Å². The number of benzene rings is 2. The van der Waals surface area contributed by atoms with Gasteiger partial charge in [0.15, 0.2) is 18.9 Å². The number of aromatic hydroxyl groups is 2. The third-order valence-electron chi connectivity index (χ3n) is 11.4. The molecular weight excluding hydrogens is 626 g/mol. The Morgan fingerprint density at radius 3 is 2.60 bits per heavy atom. The average molecular weight is 664 g/mol. The lowest BCUT2D eigenvalue weighted by Crippen LogP contribution is -2.51. The van der Waals surface area contributed by atoms with Crippen molar-refractivity contribution >= 4 is 11.7 Å². The van der Waals surface area contributed by atoms with Gasteiger partial charge in [0, 0.05) is 66.5 Å². The van der Waals surface area contributed by atoms with Crippen molar-refractivity contribution in [3.05, 3.63) is 50.6 Å². The number of nitrogens with zero attached hydrogens (tertiary/aromatic N) is 1. The second-order valence-electron chi connectivity index (χ2n) is 14.1. The summed E-state index contributed by atoms with van der Waals surface area (Å²) in [5, 5.41) is 56.7. The van der Waals surface area contributed by atoms with Crippen LogP contribution in [0.2, 0.25) is 0 Å². The maximum absolute atomic E-state index is 14.3. The summed E-state index contributed by atoms with van der Waals surface area (Å²) in [5.41, 5.74) is 1.99. The number of Topliss-reactive ketones (excluding diaryl/α,β-unsaturated/α-hetero) is 1. The van der Waals surface area contributed by atoms with Crippen molar-refractivity contribution in [2.24, 2.45) is 0 Å². The van der Waals surface area contributed by atoms with Gasteiger partial charge in [-0.05, 0) is 37.0 Å². The molecule has 5 N–H and O–H groups in total. The summed E-state index contributed by atoms with van der Waals surface area (Å²) in [6.45, 7) is 4.24. The molecule has 13 heteroatoms. The molecule has 0 saturated carbocycles. The second-order valence-corrected chi connectivity index (χ2v) is 14.1. The average Bonchev–Trinajstić information content (AvgIpc) is 3.44. The van der Waals surface area contributed by atoms with Crippen molar-refractivity contribution in [1.29, 1.82) is 0 Å². The van der Waals surface area contributed by atoms with E-state index in [-0.39, 0.29) is 64.7 Å². The van der Waals surface area contributed by atoms with Crippen LogP contribution in [0, 0.1) is 0 Å². The van der Waals surface area contributed by atoms with E-state index in [1.54, 1.807) is 11.8 Å². The van der Waals surface area contributed by atoms with Crippen LogP contribution in [0.4, 0.5) is 0 Å². The molecule has 8 unspecified atom stereocenters. The van der Waals surface area contributed by atoms with Crippen molar-refractivity contribution in [3.8, 4) is 28.4 Å². The molecule has 0 bridgehead atoms. The summed E-state index contributed by atoms with van der Waals surface area (Å²) < 4.78 is 29.8. The van der Waals surface area contributed by atoms with Crippen LogP contribution < -0.4 is 4.74 Å². The Bertz CT molecular complexity index is 1840. The summed E-state index contributed by atoms with van der Waals surface area (Å²) in [4.78, 5) is 29.6. The van der Waals surface area contributed by atoms with Crippen molar-refractivity contribution in [2.45, 2.75) is 101 Å². The molecule has 8 atom stereocenters. The van der Waals surface area contributed by atoms with Crippen molar-refractivity contribution in [3.63, 3.8) is 0 Å². The Labute approximate surface area is 275 Å². The number of ketones is 1. The number of aliphatic hydroxyl groups is 3. The van der Waals surface area contributed by atoms with E-state index in [0.717, 1.165) is 0 Å². The number of phenols is 2. The summed E-state index contributed by atoms with van der Waals surface area (Å²) in [7, 11) is 0. The molecule has 1 amide bonds. The molecule has 4 heterocycles. The van der Waals surface area contributed by atoms with Crippen LogP contribution in [0.25, 0.3) is 11.1 Å². The molecule has 2 fully saturated rings. The molecule has 13 nitrogen and oxygen atoms in total. The Morgan fingerprint density at radius 1 is 1.02 bits per heavy atom. The number of phenolic OH excluding ortho intramolecular Hbond substituents is 2. The predicted octanol–water partition coefficient (Wildman–Crippen LogP) is 1.91. The monoisotopic (exact) mass is 663 g/mol. The zero-order valence-electron chi connectivity index (χ0n) is 26.5. The highest BCUT2D eigenvalue weighted by Gasteiger charge is 2.51. The lowest BCUT2D eigenvalue weighted by Gasteiger charge is -2.42. The zero-order chi connectivity index (χ0) is 33.4. The van der Waals surface area contributed by atoms with Crippen LogP contribution in [0.3, 0.4) is 0 Å². The van der Waals surface area contributed by atoms with Crippen LogP contribution >= 0.6 is 0 Å². The number of aliphatic hydroxyl groups excluding tert-OH is 3. The molecule has 254 valence electrons. The Kier molecular flexibility index (Phi) is 6.65. The molecule has 2 aromatic rings. The van der Waals surface area contributed by atoms with Crippen LogP contribution in [-0.4, -0.2) is 105 Å². The highest BCUT2D eigenvalue weighted by atomic mass is 16.7. The molecule has 48 heavy (non-hydrogen) atoms. The van der Waals surface area contributed by atoms with Gasteiger partial charge in [-0.15, -0.1) is 0 Å². The van der Waals surface area contributed by atoms with Gasteiger partial charge in [0.2, 0.25) is 0 Å². The fourth-order valence-corrected chi connectivity index (χ4v) is 9.02. The first-order chi connectivity index (χ1) is 23.0. The molecule has 7 aliphatic rings. The second kappa shape index (κ2) is 10.5. The molecule has 2 aromatic carbocycles. The van der Waals surface area contributed by atoms with Crippen molar-refractivity contribution in [1.82, 2.24) is 4.90 Å². The highest BCUT2D eigenvalue weighted by molar-refractivity contribution is 6.16. The van der Waals surface area contributed by atoms with Crippen LogP contribution in [0.1, 0.15) is 82.2 Å². The van der Waals surface area contributed by atoms with E-state index in [0.29, 0.717) is 66.8 Å². The lowest BCUT2D eigenvalue weighted by atomic mass is 9.70. The summed E-state index contributed by atoms with van der Waals surface area (Å²) >= 11 is 0.